The lowest BCUT2D eigenvalue weighted by Gasteiger charge is -2.07. The predicted octanol–water partition coefficient (Wildman–Crippen LogP) is 1.23. The van der Waals surface area contributed by atoms with Gasteiger partial charge in [-0.05, 0) is 18.6 Å². The number of rotatable bonds is 2. The Kier molecular flexibility index (Phi) is 2.41. The van der Waals surface area contributed by atoms with Gasteiger partial charge in [0.05, 0.1) is 11.3 Å². The highest BCUT2D eigenvalue weighted by atomic mass is 16.4. The maximum Gasteiger partial charge on any atom is 0.336 e. The average molecular weight is 181 g/mol. The Labute approximate surface area is 75.6 Å². The maximum atomic E-state index is 10.7. The molecule has 0 aliphatic rings. The molecule has 0 bridgehead atoms. The number of aromatic carboxylic acids is 1. The summed E-state index contributed by atoms with van der Waals surface area (Å²) in [6, 6.07) is 2.79. The van der Waals surface area contributed by atoms with E-state index >= 15 is 0 Å². The zero-order chi connectivity index (χ0) is 10.0. The largest absolute Gasteiger partial charge is 0.505 e. The van der Waals surface area contributed by atoms with Crippen LogP contribution in [-0.2, 0) is 6.42 Å². The Hall–Kier alpha value is -1.71. The van der Waals surface area contributed by atoms with Crippen LogP contribution in [0.2, 0.25) is 0 Å². The zero-order valence-corrected chi connectivity index (χ0v) is 7.24. The molecule has 1 aromatic rings. The van der Waals surface area contributed by atoms with Gasteiger partial charge in [0.2, 0.25) is 0 Å². The van der Waals surface area contributed by atoms with Crippen molar-refractivity contribution >= 4 is 11.7 Å². The number of aromatic hydroxyl groups is 1. The van der Waals surface area contributed by atoms with E-state index in [0.29, 0.717) is 12.0 Å². The lowest BCUT2D eigenvalue weighted by Crippen LogP contribution is -2.03. The Balaban J connectivity index is 3.38. The number of hydrogen-bond acceptors (Lipinski definition) is 3. The van der Waals surface area contributed by atoms with E-state index in [2.05, 4.69) is 0 Å². The zero-order valence-electron chi connectivity index (χ0n) is 7.24. The number of hydrogen-bond donors (Lipinski definition) is 3. The molecule has 0 spiro atoms. The molecule has 0 saturated carbocycles. The van der Waals surface area contributed by atoms with Gasteiger partial charge in [-0.1, -0.05) is 6.92 Å². The van der Waals surface area contributed by atoms with Crippen LogP contribution in [0.1, 0.15) is 22.8 Å². The molecule has 0 atom stereocenters. The third kappa shape index (κ3) is 1.56. The van der Waals surface area contributed by atoms with Crippen LogP contribution < -0.4 is 5.73 Å². The number of phenolic OH excluding ortho intramolecular Hbond substituents is 1. The molecule has 0 radical (unpaired) electrons. The second kappa shape index (κ2) is 3.35. The Morgan fingerprint density at radius 1 is 1.54 bits per heavy atom. The fourth-order valence-corrected chi connectivity index (χ4v) is 1.21. The van der Waals surface area contributed by atoms with Gasteiger partial charge in [-0.15, -0.1) is 0 Å². The molecule has 0 saturated heterocycles. The van der Waals surface area contributed by atoms with E-state index < -0.39 is 5.97 Å². The summed E-state index contributed by atoms with van der Waals surface area (Å²) in [4.78, 5) is 10.7. The second-order valence-electron chi connectivity index (χ2n) is 2.69. The van der Waals surface area contributed by atoms with Crippen molar-refractivity contribution in [1.82, 2.24) is 0 Å². The molecule has 4 N–H and O–H groups in total. The molecule has 70 valence electrons. The lowest BCUT2D eigenvalue weighted by atomic mass is 10.0. The number of carboxylic acid groups (broad SMARTS) is 1. The highest BCUT2D eigenvalue weighted by Gasteiger charge is 2.13. The first-order valence-electron chi connectivity index (χ1n) is 3.91. The van der Waals surface area contributed by atoms with Gasteiger partial charge in [-0.25, -0.2) is 4.79 Å². The molecule has 1 aromatic carbocycles. The first kappa shape index (κ1) is 9.38. The van der Waals surface area contributed by atoms with Crippen molar-refractivity contribution in [3.05, 3.63) is 23.3 Å². The second-order valence-corrected chi connectivity index (χ2v) is 2.69. The van der Waals surface area contributed by atoms with Crippen molar-refractivity contribution in [1.29, 1.82) is 0 Å². The average Bonchev–Trinajstić information content (AvgIpc) is 2.09. The molecule has 0 heterocycles. The normalized spacial score (nSPS) is 9.92. The summed E-state index contributed by atoms with van der Waals surface area (Å²) < 4.78 is 0. The number of nitrogens with two attached hydrogens (primary N) is 1. The molecule has 0 aliphatic heterocycles. The van der Waals surface area contributed by atoms with Crippen molar-refractivity contribution in [2.75, 3.05) is 5.73 Å². The predicted molar refractivity (Wildman–Crippen MR) is 48.9 cm³/mol. The molecule has 0 unspecified atom stereocenters. The van der Waals surface area contributed by atoms with Crippen LogP contribution in [0, 0.1) is 0 Å². The fraction of sp³-hybridized carbons (Fsp3) is 0.222. The summed E-state index contributed by atoms with van der Waals surface area (Å²) in [5.74, 6) is -1.17. The molecule has 4 heteroatoms. The minimum Gasteiger partial charge on any atom is -0.505 e. The summed E-state index contributed by atoms with van der Waals surface area (Å²) in [5.41, 5.74) is 6.12. The Bertz CT molecular complexity index is 347. The summed E-state index contributed by atoms with van der Waals surface area (Å²) in [7, 11) is 0. The molecule has 13 heavy (non-hydrogen) atoms. The van der Waals surface area contributed by atoms with Crippen molar-refractivity contribution in [3.8, 4) is 5.75 Å². The summed E-state index contributed by atoms with van der Waals surface area (Å²) in [6.07, 6.45) is 0.443. The van der Waals surface area contributed by atoms with Gasteiger partial charge in [-0.3, -0.25) is 0 Å². The van der Waals surface area contributed by atoms with Gasteiger partial charge in [0, 0.05) is 5.56 Å². The standard InChI is InChI=1S/C9H11NO3/c1-2-5-6(9(12)13)3-4-7(10)8(5)11/h3-4,11H,2,10H2,1H3,(H,12,13). The Morgan fingerprint density at radius 2 is 2.15 bits per heavy atom. The third-order valence-electron chi connectivity index (χ3n) is 1.90. The van der Waals surface area contributed by atoms with Crippen LogP contribution in [0.15, 0.2) is 12.1 Å². The van der Waals surface area contributed by atoms with Crippen molar-refractivity contribution in [3.63, 3.8) is 0 Å². The quantitative estimate of drug-likeness (QED) is 0.473. The topological polar surface area (TPSA) is 83.5 Å². The number of benzene rings is 1. The number of phenols is 1. The fourth-order valence-electron chi connectivity index (χ4n) is 1.21. The van der Waals surface area contributed by atoms with Gasteiger partial charge >= 0.3 is 5.97 Å². The van der Waals surface area contributed by atoms with Crippen molar-refractivity contribution < 1.29 is 15.0 Å². The highest BCUT2D eigenvalue weighted by molar-refractivity contribution is 5.91. The summed E-state index contributed by atoms with van der Waals surface area (Å²) in [6.45, 7) is 1.76. The van der Waals surface area contributed by atoms with E-state index in [1.54, 1.807) is 6.92 Å². The van der Waals surface area contributed by atoms with Crippen LogP contribution in [0.5, 0.6) is 5.75 Å². The maximum absolute atomic E-state index is 10.7. The third-order valence-corrected chi connectivity index (χ3v) is 1.90. The number of anilines is 1. The lowest BCUT2D eigenvalue weighted by molar-refractivity contribution is 0.0695. The highest BCUT2D eigenvalue weighted by Crippen LogP contribution is 2.28. The number of nitrogen functional groups attached to an aromatic ring is 1. The van der Waals surface area contributed by atoms with Gasteiger partial charge in [0.25, 0.3) is 0 Å². The van der Waals surface area contributed by atoms with Crippen LogP contribution in [0.4, 0.5) is 5.69 Å². The number of carboxylic acids is 1. The minimum absolute atomic E-state index is 0.106. The van der Waals surface area contributed by atoms with E-state index in [9.17, 15) is 9.90 Å². The minimum atomic E-state index is -1.05. The van der Waals surface area contributed by atoms with Gasteiger partial charge in [0.15, 0.2) is 0 Å². The summed E-state index contributed by atoms with van der Waals surface area (Å²) in [5, 5.41) is 18.2. The monoisotopic (exact) mass is 181 g/mol. The van der Waals surface area contributed by atoms with E-state index in [4.69, 9.17) is 10.8 Å². The number of carbonyl (C=O) groups is 1. The molecule has 0 amide bonds. The van der Waals surface area contributed by atoms with E-state index in [-0.39, 0.29) is 17.0 Å². The molecule has 0 fully saturated rings. The van der Waals surface area contributed by atoms with Crippen molar-refractivity contribution in [2.24, 2.45) is 0 Å². The van der Waals surface area contributed by atoms with Crippen LogP contribution in [0.25, 0.3) is 0 Å². The van der Waals surface area contributed by atoms with Crippen LogP contribution in [-0.4, -0.2) is 16.2 Å². The molecular formula is C9H11NO3. The summed E-state index contributed by atoms with van der Waals surface area (Å²) >= 11 is 0. The first-order valence-corrected chi connectivity index (χ1v) is 3.91. The van der Waals surface area contributed by atoms with Gasteiger partial charge < -0.3 is 15.9 Å². The van der Waals surface area contributed by atoms with E-state index in [0.717, 1.165) is 0 Å². The SMILES string of the molecule is CCc1c(C(=O)O)ccc(N)c1O. The van der Waals surface area contributed by atoms with Gasteiger partial charge in [0.1, 0.15) is 5.75 Å². The van der Waals surface area contributed by atoms with Gasteiger partial charge in [-0.2, -0.15) is 0 Å². The van der Waals surface area contributed by atoms with Crippen LogP contribution in [0.3, 0.4) is 0 Å². The molecule has 0 aliphatic carbocycles. The molecule has 0 aromatic heterocycles. The Morgan fingerprint density at radius 3 is 2.62 bits per heavy atom. The molecule has 1 rings (SSSR count). The first-order chi connectivity index (χ1) is 6.07. The molecular weight excluding hydrogens is 170 g/mol. The van der Waals surface area contributed by atoms with E-state index in [1.165, 1.54) is 12.1 Å². The van der Waals surface area contributed by atoms with Crippen molar-refractivity contribution in [2.45, 2.75) is 13.3 Å². The smallest absolute Gasteiger partial charge is 0.336 e. The van der Waals surface area contributed by atoms with Crippen LogP contribution >= 0.6 is 0 Å². The van der Waals surface area contributed by atoms with E-state index in [1.807, 2.05) is 0 Å². The molecule has 4 nitrogen and oxygen atoms in total.